The highest BCUT2D eigenvalue weighted by molar-refractivity contribution is 5.83. The van der Waals surface area contributed by atoms with Gasteiger partial charge in [-0.3, -0.25) is 4.79 Å². The first-order valence-electron chi connectivity index (χ1n) is 6.86. The second kappa shape index (κ2) is 5.15. The van der Waals surface area contributed by atoms with E-state index < -0.39 is 5.41 Å². The molecule has 1 amide bonds. The highest BCUT2D eigenvalue weighted by atomic mass is 16.2. The molecule has 2 rings (SSSR count). The van der Waals surface area contributed by atoms with Crippen molar-refractivity contribution in [2.45, 2.75) is 33.7 Å². The zero-order valence-corrected chi connectivity index (χ0v) is 12.5. The molecule has 0 saturated heterocycles. The Morgan fingerprint density at radius 2 is 2.15 bits per heavy atom. The average Bonchev–Trinajstić information content (AvgIpc) is 2.74. The van der Waals surface area contributed by atoms with E-state index in [2.05, 4.69) is 21.8 Å². The zero-order chi connectivity index (χ0) is 14.9. The third-order valence-corrected chi connectivity index (χ3v) is 3.56. The fourth-order valence-corrected chi connectivity index (χ4v) is 2.45. The number of anilines is 1. The number of carbonyl (C=O) groups is 1. The van der Waals surface area contributed by atoms with E-state index in [1.54, 1.807) is 7.05 Å². The maximum Gasteiger partial charge on any atom is 0.227 e. The van der Waals surface area contributed by atoms with Gasteiger partial charge in [-0.2, -0.15) is 0 Å². The summed E-state index contributed by atoms with van der Waals surface area (Å²) in [5, 5.41) is 2.72. The number of imidazole rings is 1. The lowest BCUT2D eigenvalue weighted by Crippen LogP contribution is -2.38. The number of aromatic nitrogens is 2. The van der Waals surface area contributed by atoms with E-state index >= 15 is 0 Å². The van der Waals surface area contributed by atoms with Gasteiger partial charge in [-0.25, -0.2) is 4.98 Å². The van der Waals surface area contributed by atoms with Gasteiger partial charge in [-0.05, 0) is 32.0 Å². The maximum atomic E-state index is 12.0. The molecular weight excluding hydrogens is 252 g/mol. The van der Waals surface area contributed by atoms with Crippen LogP contribution in [-0.4, -0.2) is 22.5 Å². The minimum absolute atomic E-state index is 0.0249. The SMILES string of the molecule is CCc1nc2cc(N)ccc2n1CC(C)(C)C(=O)NC. The summed E-state index contributed by atoms with van der Waals surface area (Å²) in [7, 11) is 1.66. The fourth-order valence-electron chi connectivity index (χ4n) is 2.45. The molecule has 3 N–H and O–H groups in total. The van der Waals surface area contributed by atoms with E-state index in [0.29, 0.717) is 12.2 Å². The molecule has 2 aromatic rings. The number of rotatable bonds is 4. The predicted molar refractivity (Wildman–Crippen MR) is 81.4 cm³/mol. The predicted octanol–water partition coefficient (Wildman–Crippen LogP) is 1.95. The Kier molecular flexibility index (Phi) is 3.70. The van der Waals surface area contributed by atoms with Gasteiger partial charge in [-0.1, -0.05) is 6.92 Å². The summed E-state index contributed by atoms with van der Waals surface area (Å²) < 4.78 is 2.12. The molecule has 0 aliphatic rings. The lowest BCUT2D eigenvalue weighted by Gasteiger charge is -2.24. The van der Waals surface area contributed by atoms with Crippen molar-refractivity contribution in [1.29, 1.82) is 0 Å². The topological polar surface area (TPSA) is 72.9 Å². The number of carbonyl (C=O) groups excluding carboxylic acids is 1. The summed E-state index contributed by atoms with van der Waals surface area (Å²) in [5.74, 6) is 0.999. The van der Waals surface area contributed by atoms with Gasteiger partial charge in [0.15, 0.2) is 0 Å². The van der Waals surface area contributed by atoms with Gasteiger partial charge in [0.1, 0.15) is 5.82 Å². The maximum absolute atomic E-state index is 12.0. The molecule has 0 atom stereocenters. The molecule has 0 aliphatic heterocycles. The largest absolute Gasteiger partial charge is 0.399 e. The number of nitrogens with two attached hydrogens (primary N) is 1. The van der Waals surface area contributed by atoms with Crippen LogP contribution in [0.4, 0.5) is 5.69 Å². The molecule has 5 nitrogen and oxygen atoms in total. The van der Waals surface area contributed by atoms with Gasteiger partial charge in [0, 0.05) is 25.7 Å². The van der Waals surface area contributed by atoms with Crippen LogP contribution in [0.5, 0.6) is 0 Å². The Balaban J connectivity index is 2.50. The van der Waals surface area contributed by atoms with Gasteiger partial charge < -0.3 is 15.6 Å². The number of hydrogen-bond donors (Lipinski definition) is 2. The average molecular weight is 274 g/mol. The number of amides is 1. The number of nitrogens with one attached hydrogen (secondary N) is 1. The van der Waals surface area contributed by atoms with Crippen LogP contribution in [0.2, 0.25) is 0 Å². The van der Waals surface area contributed by atoms with Crippen molar-refractivity contribution in [3.05, 3.63) is 24.0 Å². The van der Waals surface area contributed by atoms with Gasteiger partial charge >= 0.3 is 0 Å². The standard InChI is InChI=1S/C15H22N4O/c1-5-13-18-11-8-10(16)6-7-12(11)19(13)9-15(2,3)14(20)17-4/h6-8H,5,9,16H2,1-4H3,(H,17,20). The number of fused-ring (bicyclic) bond motifs is 1. The first kappa shape index (κ1) is 14.4. The molecule has 5 heteroatoms. The molecule has 0 saturated carbocycles. The van der Waals surface area contributed by atoms with Crippen LogP contribution in [0.3, 0.4) is 0 Å². The lowest BCUT2D eigenvalue weighted by atomic mass is 9.92. The van der Waals surface area contributed by atoms with Crippen LogP contribution < -0.4 is 11.1 Å². The van der Waals surface area contributed by atoms with Gasteiger partial charge in [0.2, 0.25) is 5.91 Å². The minimum atomic E-state index is -0.492. The van der Waals surface area contributed by atoms with Crippen LogP contribution in [0.1, 0.15) is 26.6 Å². The monoisotopic (exact) mass is 274 g/mol. The smallest absolute Gasteiger partial charge is 0.227 e. The molecule has 0 unspecified atom stereocenters. The zero-order valence-electron chi connectivity index (χ0n) is 12.5. The number of nitrogen functional groups attached to an aromatic ring is 1. The van der Waals surface area contributed by atoms with Crippen LogP contribution in [-0.2, 0) is 17.8 Å². The molecule has 0 radical (unpaired) electrons. The second-order valence-corrected chi connectivity index (χ2v) is 5.68. The summed E-state index contributed by atoms with van der Waals surface area (Å²) in [6.07, 6.45) is 0.818. The molecule has 0 spiro atoms. The first-order chi connectivity index (χ1) is 9.39. The quantitative estimate of drug-likeness (QED) is 0.837. The van der Waals surface area contributed by atoms with Gasteiger partial charge in [0.05, 0.1) is 16.4 Å². The minimum Gasteiger partial charge on any atom is -0.399 e. The van der Waals surface area contributed by atoms with Crippen molar-refractivity contribution in [2.75, 3.05) is 12.8 Å². The van der Waals surface area contributed by atoms with Crippen LogP contribution >= 0.6 is 0 Å². The fraction of sp³-hybridized carbons (Fsp3) is 0.467. The van der Waals surface area contributed by atoms with Crippen molar-refractivity contribution in [1.82, 2.24) is 14.9 Å². The van der Waals surface area contributed by atoms with E-state index in [4.69, 9.17) is 5.73 Å². The van der Waals surface area contributed by atoms with E-state index in [9.17, 15) is 4.79 Å². The number of hydrogen-bond acceptors (Lipinski definition) is 3. The van der Waals surface area contributed by atoms with Crippen LogP contribution in [0, 0.1) is 5.41 Å². The van der Waals surface area contributed by atoms with Gasteiger partial charge in [0.25, 0.3) is 0 Å². The van der Waals surface area contributed by atoms with Crippen molar-refractivity contribution >= 4 is 22.6 Å². The Morgan fingerprint density at radius 1 is 1.45 bits per heavy atom. The Labute approximate surface area is 119 Å². The molecule has 108 valence electrons. The van der Waals surface area contributed by atoms with Crippen LogP contribution in [0.25, 0.3) is 11.0 Å². The summed E-state index contributed by atoms with van der Waals surface area (Å²) in [6.45, 7) is 6.53. The highest BCUT2D eigenvalue weighted by Crippen LogP contribution is 2.25. The van der Waals surface area contributed by atoms with Crippen molar-refractivity contribution in [2.24, 2.45) is 5.41 Å². The van der Waals surface area contributed by atoms with E-state index in [1.807, 2.05) is 32.0 Å². The molecule has 1 aromatic heterocycles. The second-order valence-electron chi connectivity index (χ2n) is 5.68. The summed E-state index contributed by atoms with van der Waals surface area (Å²) in [6, 6.07) is 5.71. The normalized spacial score (nSPS) is 11.8. The van der Waals surface area contributed by atoms with E-state index in [1.165, 1.54) is 0 Å². The first-order valence-corrected chi connectivity index (χ1v) is 6.86. The lowest BCUT2D eigenvalue weighted by molar-refractivity contribution is -0.129. The van der Waals surface area contributed by atoms with E-state index in [-0.39, 0.29) is 5.91 Å². The molecule has 0 aliphatic carbocycles. The molecule has 1 aromatic carbocycles. The van der Waals surface area contributed by atoms with Crippen molar-refractivity contribution in [3.63, 3.8) is 0 Å². The van der Waals surface area contributed by atoms with Gasteiger partial charge in [-0.15, -0.1) is 0 Å². The summed E-state index contributed by atoms with van der Waals surface area (Å²) in [5.41, 5.74) is 7.93. The Morgan fingerprint density at radius 3 is 2.75 bits per heavy atom. The summed E-state index contributed by atoms with van der Waals surface area (Å²) >= 11 is 0. The number of nitrogens with zero attached hydrogens (tertiary/aromatic N) is 2. The van der Waals surface area contributed by atoms with Crippen molar-refractivity contribution < 1.29 is 4.79 Å². The van der Waals surface area contributed by atoms with Crippen LogP contribution in [0.15, 0.2) is 18.2 Å². The third kappa shape index (κ3) is 2.48. The third-order valence-electron chi connectivity index (χ3n) is 3.56. The molecule has 20 heavy (non-hydrogen) atoms. The molecular formula is C15H22N4O. The Hall–Kier alpha value is -2.04. The Bertz CT molecular complexity index is 643. The molecule has 0 fully saturated rings. The summed E-state index contributed by atoms with van der Waals surface area (Å²) in [4.78, 5) is 16.6. The molecule has 1 heterocycles. The highest BCUT2D eigenvalue weighted by Gasteiger charge is 2.28. The van der Waals surface area contributed by atoms with E-state index in [0.717, 1.165) is 23.3 Å². The number of benzene rings is 1. The van der Waals surface area contributed by atoms with Crippen molar-refractivity contribution in [3.8, 4) is 0 Å². The number of aryl methyl sites for hydroxylation is 1. The molecule has 0 bridgehead atoms.